The summed E-state index contributed by atoms with van der Waals surface area (Å²) in [6.07, 6.45) is 0. The van der Waals surface area contributed by atoms with Gasteiger partial charge in [-0.05, 0) is 68.6 Å². The van der Waals surface area contributed by atoms with Crippen molar-refractivity contribution in [3.63, 3.8) is 0 Å². The van der Waals surface area contributed by atoms with Gasteiger partial charge in [0.15, 0.2) is 0 Å². The van der Waals surface area contributed by atoms with Gasteiger partial charge in [-0.25, -0.2) is 8.78 Å². The van der Waals surface area contributed by atoms with Gasteiger partial charge in [0.05, 0.1) is 14.5 Å². The van der Waals surface area contributed by atoms with Crippen LogP contribution in [0.4, 0.5) is 14.5 Å². The lowest BCUT2D eigenvalue weighted by molar-refractivity contribution is 0.102. The Balaban J connectivity index is 2.33. The number of benzene rings is 2. The van der Waals surface area contributed by atoms with Gasteiger partial charge in [-0.15, -0.1) is 0 Å². The molecule has 2 rings (SSSR count). The van der Waals surface area contributed by atoms with Gasteiger partial charge >= 0.3 is 0 Å². The maximum Gasteiger partial charge on any atom is 0.258 e. The molecule has 104 valence electrons. The van der Waals surface area contributed by atoms with E-state index in [9.17, 15) is 13.6 Å². The van der Waals surface area contributed by atoms with Gasteiger partial charge in [0, 0.05) is 5.69 Å². The molecule has 0 atom stereocenters. The average Bonchev–Trinajstić information content (AvgIpc) is 2.39. The Labute approximate surface area is 131 Å². The van der Waals surface area contributed by atoms with Gasteiger partial charge in [0.25, 0.3) is 5.91 Å². The fraction of sp³-hybridized carbons (Fsp3) is 0.0714. The van der Waals surface area contributed by atoms with Crippen molar-refractivity contribution in [2.45, 2.75) is 6.92 Å². The van der Waals surface area contributed by atoms with Crippen LogP contribution in [0.15, 0.2) is 39.3 Å². The first-order valence-electron chi connectivity index (χ1n) is 5.61. The van der Waals surface area contributed by atoms with E-state index < -0.39 is 17.5 Å². The van der Waals surface area contributed by atoms with Gasteiger partial charge in [0.1, 0.15) is 11.6 Å². The van der Waals surface area contributed by atoms with Gasteiger partial charge in [-0.2, -0.15) is 0 Å². The zero-order chi connectivity index (χ0) is 14.9. The summed E-state index contributed by atoms with van der Waals surface area (Å²) in [7, 11) is 0. The van der Waals surface area contributed by atoms with E-state index in [1.54, 1.807) is 19.1 Å². The normalized spacial score (nSPS) is 10.4. The Morgan fingerprint density at radius 3 is 2.55 bits per heavy atom. The second kappa shape index (κ2) is 6.01. The molecular formula is C14H9Br2F2NO. The summed E-state index contributed by atoms with van der Waals surface area (Å²) in [5, 5.41) is 2.50. The molecule has 0 saturated heterocycles. The Morgan fingerprint density at radius 1 is 1.15 bits per heavy atom. The lowest BCUT2D eigenvalue weighted by atomic mass is 10.1. The number of halogens is 4. The van der Waals surface area contributed by atoms with Crippen LogP contribution < -0.4 is 5.32 Å². The predicted molar refractivity (Wildman–Crippen MR) is 80.9 cm³/mol. The van der Waals surface area contributed by atoms with Crippen LogP contribution in [0.5, 0.6) is 0 Å². The van der Waals surface area contributed by atoms with Crippen molar-refractivity contribution in [3.8, 4) is 0 Å². The first kappa shape index (κ1) is 15.1. The van der Waals surface area contributed by atoms with Crippen molar-refractivity contribution in [2.24, 2.45) is 0 Å². The highest BCUT2D eigenvalue weighted by Crippen LogP contribution is 2.25. The lowest BCUT2D eigenvalue weighted by Crippen LogP contribution is -2.15. The monoisotopic (exact) mass is 403 g/mol. The highest BCUT2D eigenvalue weighted by Gasteiger charge is 2.15. The van der Waals surface area contributed by atoms with Crippen LogP contribution in [-0.4, -0.2) is 5.91 Å². The van der Waals surface area contributed by atoms with E-state index in [-0.39, 0.29) is 10.0 Å². The number of nitrogens with one attached hydrogen (secondary N) is 1. The smallest absolute Gasteiger partial charge is 0.258 e. The first-order valence-corrected chi connectivity index (χ1v) is 7.19. The minimum atomic E-state index is -0.653. The number of anilines is 1. The number of aryl methyl sites for hydroxylation is 1. The van der Waals surface area contributed by atoms with Crippen molar-refractivity contribution in [1.29, 1.82) is 0 Å². The maximum atomic E-state index is 13.8. The summed E-state index contributed by atoms with van der Waals surface area (Å²) in [5.74, 6) is -1.78. The molecule has 0 unspecified atom stereocenters. The molecule has 0 aliphatic rings. The molecule has 0 spiro atoms. The minimum Gasteiger partial charge on any atom is -0.322 e. The van der Waals surface area contributed by atoms with E-state index in [2.05, 4.69) is 37.2 Å². The van der Waals surface area contributed by atoms with E-state index in [4.69, 9.17) is 0 Å². The van der Waals surface area contributed by atoms with Crippen LogP contribution in [0.2, 0.25) is 0 Å². The fourth-order valence-corrected chi connectivity index (χ4v) is 2.47. The Hall–Kier alpha value is -1.27. The minimum absolute atomic E-state index is 0.109. The Kier molecular flexibility index (Phi) is 4.55. The van der Waals surface area contributed by atoms with Crippen molar-refractivity contribution in [2.75, 3.05) is 5.32 Å². The van der Waals surface area contributed by atoms with E-state index in [0.29, 0.717) is 15.7 Å². The zero-order valence-electron chi connectivity index (χ0n) is 10.3. The predicted octanol–water partition coefficient (Wildman–Crippen LogP) is 5.05. The fourth-order valence-electron chi connectivity index (χ4n) is 1.65. The van der Waals surface area contributed by atoms with Gasteiger partial charge in [0.2, 0.25) is 0 Å². The molecular weight excluding hydrogens is 396 g/mol. The molecule has 0 aliphatic heterocycles. The quantitative estimate of drug-likeness (QED) is 0.745. The SMILES string of the molecule is Cc1cc(Br)c(F)cc1NC(=O)c1cccc(Br)c1F. The number of carbonyl (C=O) groups is 1. The van der Waals surface area contributed by atoms with Crippen molar-refractivity contribution >= 4 is 43.5 Å². The number of carbonyl (C=O) groups excluding carboxylic acids is 1. The molecule has 1 amide bonds. The summed E-state index contributed by atoms with van der Waals surface area (Å²) < 4.78 is 27.8. The lowest BCUT2D eigenvalue weighted by Gasteiger charge is -2.10. The summed E-state index contributed by atoms with van der Waals surface area (Å²) in [5.41, 5.74) is 0.860. The van der Waals surface area contributed by atoms with Gasteiger partial charge in [-0.3, -0.25) is 4.79 Å². The van der Waals surface area contributed by atoms with Crippen LogP contribution in [0.1, 0.15) is 15.9 Å². The molecule has 0 fully saturated rings. The summed E-state index contributed by atoms with van der Waals surface area (Å²) in [6, 6.07) is 7.14. The van der Waals surface area contributed by atoms with E-state index in [1.807, 2.05) is 0 Å². The van der Waals surface area contributed by atoms with E-state index >= 15 is 0 Å². The van der Waals surface area contributed by atoms with Gasteiger partial charge in [-0.1, -0.05) is 6.07 Å². The third-order valence-electron chi connectivity index (χ3n) is 2.71. The molecule has 0 heterocycles. The molecule has 2 aromatic carbocycles. The topological polar surface area (TPSA) is 29.1 Å². The maximum absolute atomic E-state index is 13.8. The summed E-state index contributed by atoms with van der Waals surface area (Å²) in [6.45, 7) is 1.72. The van der Waals surface area contributed by atoms with Crippen LogP contribution in [-0.2, 0) is 0 Å². The number of amides is 1. The number of rotatable bonds is 2. The molecule has 6 heteroatoms. The summed E-state index contributed by atoms with van der Waals surface area (Å²) >= 11 is 6.07. The highest BCUT2D eigenvalue weighted by molar-refractivity contribution is 9.10. The second-order valence-corrected chi connectivity index (χ2v) is 5.85. The first-order chi connectivity index (χ1) is 9.40. The molecule has 0 aliphatic carbocycles. The summed E-state index contributed by atoms with van der Waals surface area (Å²) in [4.78, 5) is 12.0. The third kappa shape index (κ3) is 3.07. The van der Waals surface area contributed by atoms with Crippen LogP contribution in [0.3, 0.4) is 0 Å². The molecule has 1 N–H and O–H groups in total. The number of hydrogen-bond donors (Lipinski definition) is 1. The second-order valence-electron chi connectivity index (χ2n) is 4.14. The Morgan fingerprint density at radius 2 is 1.85 bits per heavy atom. The van der Waals surface area contributed by atoms with E-state index in [0.717, 1.165) is 0 Å². The largest absolute Gasteiger partial charge is 0.322 e. The molecule has 0 radical (unpaired) electrons. The highest BCUT2D eigenvalue weighted by atomic mass is 79.9. The zero-order valence-corrected chi connectivity index (χ0v) is 13.5. The molecule has 0 saturated carbocycles. The third-order valence-corrected chi connectivity index (χ3v) is 3.93. The van der Waals surface area contributed by atoms with Crippen LogP contribution in [0, 0.1) is 18.6 Å². The van der Waals surface area contributed by atoms with Crippen LogP contribution >= 0.6 is 31.9 Å². The molecule has 0 aromatic heterocycles. The van der Waals surface area contributed by atoms with Crippen molar-refractivity contribution in [3.05, 3.63) is 62.0 Å². The van der Waals surface area contributed by atoms with E-state index in [1.165, 1.54) is 18.2 Å². The Bertz CT molecular complexity index is 689. The standard InChI is InChI=1S/C14H9Br2F2NO/c1-7-5-10(16)11(17)6-12(7)19-14(20)8-3-2-4-9(15)13(8)18/h2-6H,1H3,(H,19,20). The number of hydrogen-bond acceptors (Lipinski definition) is 1. The average molecular weight is 405 g/mol. The molecule has 2 nitrogen and oxygen atoms in total. The van der Waals surface area contributed by atoms with Crippen molar-refractivity contribution < 1.29 is 13.6 Å². The molecule has 0 bridgehead atoms. The molecule has 20 heavy (non-hydrogen) atoms. The molecule has 2 aromatic rings. The van der Waals surface area contributed by atoms with Gasteiger partial charge < -0.3 is 5.32 Å². The van der Waals surface area contributed by atoms with Crippen LogP contribution in [0.25, 0.3) is 0 Å². The van der Waals surface area contributed by atoms with Crippen molar-refractivity contribution in [1.82, 2.24) is 0 Å².